The number of carbonyl (C=O) groups is 1. The van der Waals surface area contributed by atoms with Crippen molar-refractivity contribution in [1.29, 1.82) is 0 Å². The molecule has 26 heavy (non-hydrogen) atoms. The third kappa shape index (κ3) is 3.99. The first-order valence-corrected chi connectivity index (χ1v) is 10.2. The first-order valence-electron chi connectivity index (χ1n) is 8.80. The van der Waals surface area contributed by atoms with Gasteiger partial charge in [-0.15, -0.1) is 0 Å². The average Bonchev–Trinajstić information content (AvgIpc) is 3.09. The number of amides is 1. The van der Waals surface area contributed by atoms with Crippen LogP contribution in [0.1, 0.15) is 37.3 Å². The Hall–Kier alpha value is -2.12. The molecule has 140 valence electrons. The van der Waals surface area contributed by atoms with Gasteiger partial charge in [0, 0.05) is 19.0 Å². The molecule has 3 rings (SSSR count). The normalized spacial score (nSPS) is 17.8. The minimum absolute atomic E-state index is 0.0525. The highest BCUT2D eigenvalue weighted by atomic mass is 32.2. The number of sulfonamides is 1. The van der Waals surface area contributed by atoms with Gasteiger partial charge in [0.2, 0.25) is 15.9 Å². The van der Waals surface area contributed by atoms with Crippen LogP contribution in [-0.2, 0) is 14.8 Å². The second-order valence-electron chi connectivity index (χ2n) is 6.67. The number of carbonyl (C=O) groups excluding carboxylic acids is 1. The minimum atomic E-state index is -3.49. The highest BCUT2D eigenvalue weighted by Gasteiger charge is 2.32. The summed E-state index contributed by atoms with van der Waals surface area (Å²) in [6.07, 6.45) is 1.03. The SMILES string of the molecule is Cc1ccc(C(C)NC(=O)C2CCN(S(=O)(=O)c3ccccc3)CC2)o1. The molecule has 1 saturated heterocycles. The van der Waals surface area contributed by atoms with Gasteiger partial charge in [0.1, 0.15) is 11.5 Å². The van der Waals surface area contributed by atoms with Crippen LogP contribution in [-0.4, -0.2) is 31.7 Å². The fourth-order valence-electron chi connectivity index (χ4n) is 3.19. The van der Waals surface area contributed by atoms with Crippen molar-refractivity contribution in [2.75, 3.05) is 13.1 Å². The van der Waals surface area contributed by atoms with Gasteiger partial charge in [0.05, 0.1) is 10.9 Å². The molecule has 6 nitrogen and oxygen atoms in total. The number of nitrogens with one attached hydrogen (secondary N) is 1. The van der Waals surface area contributed by atoms with Gasteiger partial charge in [-0.3, -0.25) is 4.79 Å². The quantitative estimate of drug-likeness (QED) is 0.870. The van der Waals surface area contributed by atoms with Gasteiger partial charge in [-0.1, -0.05) is 18.2 Å². The molecular formula is C19H24N2O4S. The van der Waals surface area contributed by atoms with E-state index in [1.165, 1.54) is 4.31 Å². The average molecular weight is 376 g/mol. The Labute approximate surface area is 154 Å². The second kappa shape index (κ2) is 7.63. The molecule has 0 aliphatic carbocycles. The van der Waals surface area contributed by atoms with Gasteiger partial charge < -0.3 is 9.73 Å². The highest BCUT2D eigenvalue weighted by Crippen LogP contribution is 2.25. The zero-order valence-electron chi connectivity index (χ0n) is 15.0. The molecule has 1 N–H and O–H groups in total. The predicted molar refractivity (Wildman–Crippen MR) is 97.9 cm³/mol. The maximum atomic E-state index is 12.6. The van der Waals surface area contributed by atoms with Crippen LogP contribution in [0.15, 0.2) is 51.8 Å². The van der Waals surface area contributed by atoms with Crippen molar-refractivity contribution >= 4 is 15.9 Å². The molecule has 1 aliphatic rings. The molecule has 1 amide bonds. The second-order valence-corrected chi connectivity index (χ2v) is 8.61. The standard InChI is InChI=1S/C19H24N2O4S/c1-14-8-9-18(25-14)15(2)20-19(22)16-10-12-21(13-11-16)26(23,24)17-6-4-3-5-7-17/h3-9,15-16H,10-13H2,1-2H3,(H,20,22). The van der Waals surface area contributed by atoms with E-state index in [9.17, 15) is 13.2 Å². The number of piperidine rings is 1. The van der Waals surface area contributed by atoms with Crippen molar-refractivity contribution in [3.8, 4) is 0 Å². The maximum absolute atomic E-state index is 12.6. The summed E-state index contributed by atoms with van der Waals surface area (Å²) in [4.78, 5) is 12.8. The molecule has 1 aliphatic heterocycles. The fraction of sp³-hybridized carbons (Fsp3) is 0.421. The summed E-state index contributed by atoms with van der Waals surface area (Å²) in [5, 5.41) is 2.96. The van der Waals surface area contributed by atoms with Crippen LogP contribution >= 0.6 is 0 Å². The zero-order valence-corrected chi connectivity index (χ0v) is 15.8. The lowest BCUT2D eigenvalue weighted by atomic mass is 9.97. The molecule has 0 bridgehead atoms. The van der Waals surface area contributed by atoms with Crippen LogP contribution in [0.5, 0.6) is 0 Å². The molecule has 1 aromatic heterocycles. The smallest absolute Gasteiger partial charge is 0.243 e. The Morgan fingerprint density at radius 1 is 1.15 bits per heavy atom. The summed E-state index contributed by atoms with van der Waals surface area (Å²) in [6, 6.07) is 11.9. The summed E-state index contributed by atoms with van der Waals surface area (Å²) in [5.41, 5.74) is 0. The summed E-state index contributed by atoms with van der Waals surface area (Å²) < 4.78 is 32.3. The van der Waals surface area contributed by atoms with E-state index in [0.717, 1.165) is 11.5 Å². The topological polar surface area (TPSA) is 79.6 Å². The van der Waals surface area contributed by atoms with Crippen LogP contribution < -0.4 is 5.32 Å². The van der Waals surface area contributed by atoms with Crippen LogP contribution in [0.3, 0.4) is 0 Å². The van der Waals surface area contributed by atoms with Gasteiger partial charge in [-0.2, -0.15) is 4.31 Å². The molecule has 1 fully saturated rings. The Morgan fingerprint density at radius 3 is 2.38 bits per heavy atom. The largest absolute Gasteiger partial charge is 0.464 e. The Kier molecular flexibility index (Phi) is 5.48. The molecule has 1 unspecified atom stereocenters. The first-order chi connectivity index (χ1) is 12.4. The van der Waals surface area contributed by atoms with E-state index in [4.69, 9.17) is 4.42 Å². The van der Waals surface area contributed by atoms with Crippen LogP contribution in [0.2, 0.25) is 0 Å². The Morgan fingerprint density at radius 2 is 1.81 bits per heavy atom. The number of rotatable bonds is 5. The van der Waals surface area contributed by atoms with Gasteiger partial charge >= 0.3 is 0 Å². The van der Waals surface area contributed by atoms with E-state index in [-0.39, 0.29) is 17.9 Å². The molecule has 0 spiro atoms. The highest BCUT2D eigenvalue weighted by molar-refractivity contribution is 7.89. The molecule has 7 heteroatoms. The van der Waals surface area contributed by atoms with Crippen molar-refractivity contribution in [2.24, 2.45) is 5.92 Å². The van der Waals surface area contributed by atoms with Gasteiger partial charge in [-0.05, 0) is 51.0 Å². The number of aryl methyl sites for hydroxylation is 1. The zero-order chi connectivity index (χ0) is 18.7. The van der Waals surface area contributed by atoms with Crippen molar-refractivity contribution in [3.63, 3.8) is 0 Å². The van der Waals surface area contributed by atoms with Gasteiger partial charge in [0.15, 0.2) is 0 Å². The van der Waals surface area contributed by atoms with Crippen molar-refractivity contribution in [3.05, 3.63) is 54.0 Å². The van der Waals surface area contributed by atoms with Crippen molar-refractivity contribution in [1.82, 2.24) is 9.62 Å². The number of hydrogen-bond donors (Lipinski definition) is 1. The van der Waals surface area contributed by atoms with E-state index in [2.05, 4.69) is 5.32 Å². The lowest BCUT2D eigenvalue weighted by molar-refractivity contribution is -0.126. The third-order valence-electron chi connectivity index (χ3n) is 4.75. The number of nitrogens with zero attached hydrogens (tertiary/aromatic N) is 1. The predicted octanol–water partition coefficient (Wildman–Crippen LogP) is 2.87. The molecule has 1 aromatic carbocycles. The first kappa shape index (κ1) is 18.7. The molecule has 2 heterocycles. The van der Waals surface area contributed by atoms with Crippen molar-refractivity contribution in [2.45, 2.75) is 37.6 Å². The third-order valence-corrected chi connectivity index (χ3v) is 6.67. The van der Waals surface area contributed by atoms with Crippen molar-refractivity contribution < 1.29 is 17.6 Å². The van der Waals surface area contributed by atoms with E-state index in [1.54, 1.807) is 30.3 Å². The van der Waals surface area contributed by atoms with Gasteiger partial charge in [-0.25, -0.2) is 8.42 Å². The van der Waals surface area contributed by atoms with Crippen LogP contribution in [0.25, 0.3) is 0 Å². The van der Waals surface area contributed by atoms with E-state index in [1.807, 2.05) is 26.0 Å². The molecule has 0 radical (unpaired) electrons. The Balaban J connectivity index is 1.57. The van der Waals surface area contributed by atoms with Crippen LogP contribution in [0.4, 0.5) is 0 Å². The van der Waals surface area contributed by atoms with Gasteiger partial charge in [0.25, 0.3) is 0 Å². The number of benzene rings is 1. The maximum Gasteiger partial charge on any atom is 0.243 e. The molecular weight excluding hydrogens is 352 g/mol. The number of furan rings is 1. The molecule has 1 atom stereocenters. The summed E-state index contributed by atoms with van der Waals surface area (Å²) >= 11 is 0. The lowest BCUT2D eigenvalue weighted by Crippen LogP contribution is -2.43. The minimum Gasteiger partial charge on any atom is -0.464 e. The summed E-state index contributed by atoms with van der Waals surface area (Å²) in [7, 11) is -3.49. The lowest BCUT2D eigenvalue weighted by Gasteiger charge is -2.31. The van der Waals surface area contributed by atoms with E-state index >= 15 is 0 Å². The van der Waals surface area contributed by atoms with E-state index in [0.29, 0.717) is 30.8 Å². The number of hydrogen-bond acceptors (Lipinski definition) is 4. The van der Waals surface area contributed by atoms with Crippen LogP contribution in [0, 0.1) is 12.8 Å². The summed E-state index contributed by atoms with van der Waals surface area (Å²) in [5.74, 6) is 1.29. The Bertz CT molecular complexity index is 853. The molecule has 0 saturated carbocycles. The fourth-order valence-corrected chi connectivity index (χ4v) is 4.68. The monoisotopic (exact) mass is 376 g/mol. The molecule has 2 aromatic rings. The summed E-state index contributed by atoms with van der Waals surface area (Å²) in [6.45, 7) is 4.44. The van der Waals surface area contributed by atoms with E-state index < -0.39 is 10.0 Å².